The molecule has 0 saturated heterocycles. The predicted molar refractivity (Wildman–Crippen MR) is 188 cm³/mol. The van der Waals surface area contributed by atoms with Crippen LogP contribution in [0.15, 0.2) is 115 Å². The van der Waals surface area contributed by atoms with Gasteiger partial charge in [0, 0.05) is 11.5 Å². The topological polar surface area (TPSA) is 118 Å². The number of esters is 3. The number of benzene rings is 5. The quantitative estimate of drug-likeness (QED) is 0.103. The van der Waals surface area contributed by atoms with Crippen LogP contribution in [0.1, 0.15) is 69.9 Å². The van der Waals surface area contributed by atoms with Gasteiger partial charge in [0.2, 0.25) is 0 Å². The van der Waals surface area contributed by atoms with E-state index in [9.17, 15) is 19.5 Å². The Kier molecular flexibility index (Phi) is 10.9. The number of ether oxygens (including phenoxy) is 5. The van der Waals surface area contributed by atoms with E-state index < -0.39 is 23.3 Å². The molecule has 0 amide bonds. The summed E-state index contributed by atoms with van der Waals surface area (Å²) in [7, 11) is 1.47. The molecule has 0 aliphatic heterocycles. The van der Waals surface area contributed by atoms with Crippen LogP contribution in [0.3, 0.4) is 0 Å². The van der Waals surface area contributed by atoms with Crippen LogP contribution in [0.4, 0.5) is 0 Å². The molecule has 5 rings (SSSR count). The van der Waals surface area contributed by atoms with E-state index in [4.69, 9.17) is 23.7 Å². The Hall–Kier alpha value is -6.09. The van der Waals surface area contributed by atoms with Gasteiger partial charge in [-0.25, -0.2) is 14.4 Å². The van der Waals surface area contributed by atoms with E-state index in [1.54, 1.807) is 42.5 Å². The second-order valence-electron chi connectivity index (χ2n) is 12.5. The van der Waals surface area contributed by atoms with Gasteiger partial charge in [0.15, 0.2) is 0 Å². The van der Waals surface area contributed by atoms with Gasteiger partial charge in [-0.1, -0.05) is 52.0 Å². The number of carbonyl (C=O) groups is 3. The maximum atomic E-state index is 12.9. The minimum atomic E-state index is -0.611. The highest BCUT2D eigenvalue weighted by atomic mass is 16.5. The number of carbonyl (C=O) groups excluding carboxylic acids is 3. The van der Waals surface area contributed by atoms with Gasteiger partial charge in [-0.15, -0.1) is 0 Å². The molecule has 9 heteroatoms. The standard InChI is InChI=1S/C41H38O9/c1-26(2)25-47-35-22-23-36(37(24-35)46-5)40(45)50-32-16-8-28(9-17-32)39(44)49-34-20-12-30(13-21-34)41(3,4)29-10-18-33(19-11-29)48-38(43)27-6-14-31(42)15-7-27/h6-24,26,42H,25H2,1-5H3. The number of aromatic hydroxyl groups is 1. The Bertz CT molecular complexity index is 1940. The molecule has 5 aromatic rings. The molecule has 0 bridgehead atoms. The van der Waals surface area contributed by atoms with Crippen LogP contribution in [0, 0.1) is 5.92 Å². The molecule has 9 nitrogen and oxygen atoms in total. The highest BCUT2D eigenvalue weighted by molar-refractivity contribution is 5.95. The molecular weight excluding hydrogens is 636 g/mol. The highest BCUT2D eigenvalue weighted by Crippen LogP contribution is 2.34. The van der Waals surface area contributed by atoms with Crippen LogP contribution >= 0.6 is 0 Å². The summed E-state index contributed by atoms with van der Waals surface area (Å²) in [6.45, 7) is 8.75. The fraction of sp³-hybridized carbons (Fsp3) is 0.195. The van der Waals surface area contributed by atoms with Gasteiger partial charge < -0.3 is 28.8 Å². The van der Waals surface area contributed by atoms with Crippen molar-refractivity contribution in [3.8, 4) is 34.5 Å². The first kappa shape index (κ1) is 35.2. The van der Waals surface area contributed by atoms with E-state index in [-0.39, 0.29) is 22.6 Å². The molecule has 0 atom stereocenters. The van der Waals surface area contributed by atoms with Gasteiger partial charge in [-0.05, 0) is 102 Å². The summed E-state index contributed by atoms with van der Waals surface area (Å²) >= 11 is 0. The summed E-state index contributed by atoms with van der Waals surface area (Å²) in [6.07, 6.45) is 0. The summed E-state index contributed by atoms with van der Waals surface area (Å²) in [5.41, 5.74) is 2.40. The third-order valence-corrected chi connectivity index (χ3v) is 7.95. The number of hydrogen-bond donors (Lipinski definition) is 1. The molecule has 0 spiro atoms. The van der Waals surface area contributed by atoms with Crippen LogP contribution in [0.25, 0.3) is 0 Å². The molecule has 0 unspecified atom stereocenters. The number of methoxy groups -OCH3 is 1. The van der Waals surface area contributed by atoms with Crippen molar-refractivity contribution in [2.75, 3.05) is 13.7 Å². The minimum absolute atomic E-state index is 0.0690. The number of phenolic OH excluding ortho intramolecular Hbond substituents is 1. The van der Waals surface area contributed by atoms with Gasteiger partial charge in [0.05, 0.1) is 24.8 Å². The molecule has 0 aliphatic rings. The van der Waals surface area contributed by atoms with Crippen LogP contribution in [-0.2, 0) is 5.41 Å². The van der Waals surface area contributed by atoms with Gasteiger partial charge in [-0.3, -0.25) is 0 Å². The van der Waals surface area contributed by atoms with E-state index in [0.29, 0.717) is 41.1 Å². The summed E-state index contributed by atoms with van der Waals surface area (Å²) in [6, 6.07) is 31.3. The average molecular weight is 675 g/mol. The Morgan fingerprint density at radius 2 is 1.02 bits per heavy atom. The molecule has 0 heterocycles. The van der Waals surface area contributed by atoms with E-state index in [2.05, 4.69) is 13.8 Å². The molecule has 5 aromatic carbocycles. The third kappa shape index (κ3) is 8.68. The second kappa shape index (κ2) is 15.4. The first-order valence-corrected chi connectivity index (χ1v) is 16.0. The van der Waals surface area contributed by atoms with Crippen molar-refractivity contribution in [1.82, 2.24) is 0 Å². The van der Waals surface area contributed by atoms with E-state index in [1.165, 1.54) is 55.6 Å². The largest absolute Gasteiger partial charge is 0.508 e. The van der Waals surface area contributed by atoms with Crippen molar-refractivity contribution in [3.63, 3.8) is 0 Å². The number of rotatable bonds is 12. The minimum Gasteiger partial charge on any atom is -0.508 e. The Balaban J connectivity index is 1.17. The fourth-order valence-corrected chi connectivity index (χ4v) is 4.99. The molecule has 0 saturated carbocycles. The maximum Gasteiger partial charge on any atom is 0.347 e. The van der Waals surface area contributed by atoms with Crippen LogP contribution < -0.4 is 23.7 Å². The van der Waals surface area contributed by atoms with Crippen LogP contribution in [-0.4, -0.2) is 36.7 Å². The van der Waals surface area contributed by atoms with Crippen LogP contribution in [0.5, 0.6) is 34.5 Å². The monoisotopic (exact) mass is 674 g/mol. The fourth-order valence-electron chi connectivity index (χ4n) is 4.99. The van der Waals surface area contributed by atoms with Crippen molar-refractivity contribution >= 4 is 17.9 Å². The SMILES string of the molecule is COc1cc(OCC(C)C)ccc1C(=O)Oc1ccc(C(=O)Oc2ccc(C(C)(C)c3ccc(OC(=O)c4ccc(O)cc4)cc3)cc2)cc1. The smallest absolute Gasteiger partial charge is 0.347 e. The van der Waals surface area contributed by atoms with Gasteiger partial charge in [0.1, 0.15) is 40.1 Å². The summed E-state index contributed by atoms with van der Waals surface area (Å²) in [5, 5.41) is 9.43. The normalized spacial score (nSPS) is 11.1. The molecule has 0 radical (unpaired) electrons. The number of phenols is 1. The first-order valence-electron chi connectivity index (χ1n) is 16.0. The molecular formula is C41H38O9. The summed E-state index contributed by atoms with van der Waals surface area (Å²) in [4.78, 5) is 38.2. The second-order valence-corrected chi connectivity index (χ2v) is 12.5. The van der Waals surface area contributed by atoms with Crippen molar-refractivity contribution in [2.45, 2.75) is 33.1 Å². The zero-order valence-corrected chi connectivity index (χ0v) is 28.5. The predicted octanol–water partition coefficient (Wildman–Crippen LogP) is 8.42. The Morgan fingerprint density at radius 1 is 0.600 bits per heavy atom. The summed E-state index contributed by atoms with van der Waals surface area (Å²) < 4.78 is 27.7. The molecule has 0 aliphatic carbocycles. The molecule has 256 valence electrons. The zero-order valence-electron chi connectivity index (χ0n) is 28.5. The lowest BCUT2D eigenvalue weighted by Crippen LogP contribution is -2.19. The van der Waals surface area contributed by atoms with Gasteiger partial charge in [-0.2, -0.15) is 0 Å². The highest BCUT2D eigenvalue weighted by Gasteiger charge is 2.24. The molecule has 50 heavy (non-hydrogen) atoms. The van der Waals surface area contributed by atoms with Crippen molar-refractivity contribution in [2.24, 2.45) is 5.92 Å². The average Bonchev–Trinajstić information content (AvgIpc) is 3.11. The third-order valence-electron chi connectivity index (χ3n) is 7.95. The van der Waals surface area contributed by atoms with Crippen molar-refractivity contribution in [3.05, 3.63) is 143 Å². The summed E-state index contributed by atoms with van der Waals surface area (Å²) in [5.74, 6) is 0.662. The Labute approximate surface area is 291 Å². The lowest BCUT2D eigenvalue weighted by molar-refractivity contribution is 0.0722. The van der Waals surface area contributed by atoms with E-state index >= 15 is 0 Å². The molecule has 1 N–H and O–H groups in total. The Morgan fingerprint density at radius 3 is 1.48 bits per heavy atom. The zero-order chi connectivity index (χ0) is 35.8. The van der Waals surface area contributed by atoms with E-state index in [0.717, 1.165) is 11.1 Å². The van der Waals surface area contributed by atoms with Gasteiger partial charge in [0.25, 0.3) is 0 Å². The lowest BCUT2D eigenvalue weighted by Gasteiger charge is -2.26. The molecule has 0 aromatic heterocycles. The maximum absolute atomic E-state index is 12.9. The van der Waals surface area contributed by atoms with Crippen molar-refractivity contribution < 1.29 is 43.2 Å². The molecule has 0 fully saturated rings. The van der Waals surface area contributed by atoms with Gasteiger partial charge >= 0.3 is 17.9 Å². The number of hydrogen-bond acceptors (Lipinski definition) is 9. The lowest BCUT2D eigenvalue weighted by atomic mass is 9.78. The van der Waals surface area contributed by atoms with E-state index in [1.807, 2.05) is 38.1 Å². The first-order chi connectivity index (χ1) is 23.9. The van der Waals surface area contributed by atoms with Crippen LogP contribution in [0.2, 0.25) is 0 Å². The van der Waals surface area contributed by atoms with Crippen molar-refractivity contribution in [1.29, 1.82) is 0 Å².